The number of nitrogens with zero attached hydrogens (tertiary/aromatic N) is 4. The van der Waals surface area contributed by atoms with Gasteiger partial charge in [0.1, 0.15) is 12.1 Å². The highest BCUT2D eigenvalue weighted by Crippen LogP contribution is 2.27. The molecule has 0 aliphatic carbocycles. The van der Waals surface area contributed by atoms with Gasteiger partial charge in [0.15, 0.2) is 11.6 Å². The van der Waals surface area contributed by atoms with E-state index in [1.807, 2.05) is 0 Å². The first-order chi connectivity index (χ1) is 15.6. The molecule has 2 heterocycles. The normalized spacial score (nSPS) is 12.2. The summed E-state index contributed by atoms with van der Waals surface area (Å²) in [6.07, 6.45) is -1.82. The van der Waals surface area contributed by atoms with E-state index in [0.29, 0.717) is 23.8 Å². The minimum Gasteiger partial charge on any atom is -0.406 e. The number of hydrogen-bond donors (Lipinski definition) is 2. The number of halogens is 4. The number of carbonyl (C=O) groups excluding carboxylic acids is 2. The van der Waals surface area contributed by atoms with Crippen LogP contribution in [0.3, 0.4) is 0 Å². The van der Waals surface area contributed by atoms with Crippen molar-refractivity contribution in [3.63, 3.8) is 0 Å². The van der Waals surface area contributed by atoms with Gasteiger partial charge in [-0.3, -0.25) is 9.59 Å². The Labute approximate surface area is 190 Å². The summed E-state index contributed by atoms with van der Waals surface area (Å²) in [6.45, 7) is 3.16. The lowest BCUT2D eigenvalue weighted by molar-refractivity contribution is -0.274. The van der Waals surface area contributed by atoms with Gasteiger partial charge >= 0.3 is 6.36 Å². The Kier molecular flexibility index (Phi) is 7.16. The number of carbonyl (C=O) groups is 2. The van der Waals surface area contributed by atoms with Gasteiger partial charge in [-0.1, -0.05) is 18.5 Å². The molecule has 0 bridgehead atoms. The molecule has 0 saturated carbocycles. The first kappa shape index (κ1) is 24.0. The average Bonchev–Trinajstić information content (AvgIpc) is 3.20. The summed E-state index contributed by atoms with van der Waals surface area (Å²) in [6, 6.07) is 5.70. The largest absolute Gasteiger partial charge is 0.573 e. The van der Waals surface area contributed by atoms with E-state index in [-0.39, 0.29) is 16.5 Å². The minimum atomic E-state index is -4.93. The van der Waals surface area contributed by atoms with Crippen LogP contribution < -0.4 is 15.4 Å². The van der Waals surface area contributed by atoms with Gasteiger partial charge in [-0.2, -0.15) is 9.78 Å². The van der Waals surface area contributed by atoms with Crippen molar-refractivity contribution in [2.24, 2.45) is 0 Å². The maximum Gasteiger partial charge on any atom is 0.573 e. The van der Waals surface area contributed by atoms with Crippen LogP contribution >= 0.6 is 11.6 Å². The second-order valence-electron chi connectivity index (χ2n) is 6.77. The summed E-state index contributed by atoms with van der Waals surface area (Å²) in [5.74, 6) is -0.809. The Hall–Kier alpha value is -3.67. The molecule has 9 nitrogen and oxygen atoms in total. The minimum absolute atomic E-state index is 0.0958. The summed E-state index contributed by atoms with van der Waals surface area (Å²) in [7, 11) is 0. The summed E-state index contributed by atoms with van der Waals surface area (Å²) in [5, 5.41) is 9.34. The predicted molar refractivity (Wildman–Crippen MR) is 112 cm³/mol. The third-order valence-corrected chi connectivity index (χ3v) is 4.47. The van der Waals surface area contributed by atoms with Crippen LogP contribution in [0.15, 0.2) is 42.9 Å². The molecule has 3 rings (SSSR count). The predicted octanol–water partition coefficient (Wildman–Crippen LogP) is 4.05. The zero-order chi connectivity index (χ0) is 24.2. The molecular weight excluding hydrogens is 465 g/mol. The summed E-state index contributed by atoms with van der Waals surface area (Å²) >= 11 is 5.85. The Balaban J connectivity index is 1.82. The number of nitrogens with one attached hydrogen (secondary N) is 2. The maximum absolute atomic E-state index is 12.8. The summed E-state index contributed by atoms with van der Waals surface area (Å²) in [4.78, 5) is 32.3. The number of hydrogen-bond acceptors (Lipinski definition) is 6. The van der Waals surface area contributed by atoms with Gasteiger partial charge in [-0.15, -0.1) is 13.2 Å². The summed E-state index contributed by atoms with van der Waals surface area (Å²) < 4.78 is 42.9. The van der Waals surface area contributed by atoms with E-state index in [1.165, 1.54) is 30.2 Å². The standard InChI is InChI=1S/C20H18ClF3N6O3/c1-3-16(29-19(32)12-6-13(21)8-15(7-12)33-20(22,23)24)18-26-10-27-30(18)17-5-4-14(9-25-17)28-11(2)31/h4-10,16H,3H2,1-2H3,(H,28,31)(H,29,32)/t16-/m0/s1. The number of amides is 2. The lowest BCUT2D eigenvalue weighted by atomic mass is 10.1. The van der Waals surface area contributed by atoms with Crippen molar-refractivity contribution in [3.8, 4) is 11.6 Å². The third kappa shape index (κ3) is 6.42. The monoisotopic (exact) mass is 482 g/mol. The van der Waals surface area contributed by atoms with Crippen molar-refractivity contribution in [2.45, 2.75) is 32.7 Å². The van der Waals surface area contributed by atoms with Gasteiger partial charge in [0.05, 0.1) is 17.9 Å². The van der Waals surface area contributed by atoms with Gasteiger partial charge in [-0.05, 0) is 36.8 Å². The van der Waals surface area contributed by atoms with Crippen LogP contribution in [0.25, 0.3) is 5.82 Å². The third-order valence-electron chi connectivity index (χ3n) is 4.25. The average molecular weight is 483 g/mol. The van der Waals surface area contributed by atoms with Crippen LogP contribution in [0, 0.1) is 0 Å². The highest BCUT2D eigenvalue weighted by molar-refractivity contribution is 6.31. The molecule has 0 aliphatic heterocycles. The second kappa shape index (κ2) is 9.86. The van der Waals surface area contributed by atoms with E-state index < -0.39 is 24.1 Å². The zero-order valence-electron chi connectivity index (χ0n) is 17.4. The summed E-state index contributed by atoms with van der Waals surface area (Å²) in [5.41, 5.74) is 0.371. The fourth-order valence-electron chi connectivity index (χ4n) is 2.93. The van der Waals surface area contributed by atoms with Gasteiger partial charge < -0.3 is 15.4 Å². The van der Waals surface area contributed by atoms with Gasteiger partial charge in [0, 0.05) is 17.5 Å². The Morgan fingerprint density at radius 1 is 1.21 bits per heavy atom. The molecule has 2 N–H and O–H groups in total. The number of benzene rings is 1. The Morgan fingerprint density at radius 2 is 1.97 bits per heavy atom. The van der Waals surface area contributed by atoms with Crippen molar-refractivity contribution in [3.05, 3.63) is 59.3 Å². The number of pyridine rings is 1. The molecular formula is C20H18ClF3N6O3. The van der Waals surface area contributed by atoms with Gasteiger partial charge in [0.2, 0.25) is 5.91 Å². The topological polar surface area (TPSA) is 111 Å². The van der Waals surface area contributed by atoms with Crippen molar-refractivity contribution < 1.29 is 27.5 Å². The number of ether oxygens (including phenoxy) is 1. The highest BCUT2D eigenvalue weighted by Gasteiger charge is 2.31. The van der Waals surface area contributed by atoms with E-state index in [1.54, 1.807) is 19.1 Å². The molecule has 13 heteroatoms. The lowest BCUT2D eigenvalue weighted by Gasteiger charge is -2.18. The molecule has 3 aromatic rings. The fourth-order valence-corrected chi connectivity index (χ4v) is 3.16. The van der Waals surface area contributed by atoms with E-state index in [0.717, 1.165) is 12.1 Å². The second-order valence-corrected chi connectivity index (χ2v) is 7.21. The molecule has 0 radical (unpaired) electrons. The Bertz CT molecular complexity index is 1150. The molecule has 2 amide bonds. The number of anilines is 1. The van der Waals surface area contributed by atoms with Crippen molar-refractivity contribution in [1.82, 2.24) is 25.1 Å². The van der Waals surface area contributed by atoms with Crippen LogP contribution in [0.4, 0.5) is 18.9 Å². The van der Waals surface area contributed by atoms with Crippen LogP contribution in [-0.4, -0.2) is 37.9 Å². The molecule has 33 heavy (non-hydrogen) atoms. The molecule has 0 unspecified atom stereocenters. The lowest BCUT2D eigenvalue weighted by Crippen LogP contribution is -2.30. The van der Waals surface area contributed by atoms with Crippen LogP contribution in [0.2, 0.25) is 5.02 Å². The smallest absolute Gasteiger partial charge is 0.406 e. The SMILES string of the molecule is CC[C@H](NC(=O)c1cc(Cl)cc(OC(F)(F)F)c1)c1ncnn1-c1ccc(NC(C)=O)cn1. The highest BCUT2D eigenvalue weighted by atomic mass is 35.5. The first-order valence-electron chi connectivity index (χ1n) is 9.57. The molecule has 1 aromatic carbocycles. The molecule has 0 aliphatic rings. The maximum atomic E-state index is 12.8. The fraction of sp³-hybridized carbons (Fsp3) is 0.250. The van der Waals surface area contributed by atoms with Crippen LogP contribution in [-0.2, 0) is 4.79 Å². The van der Waals surface area contributed by atoms with Crippen molar-refractivity contribution in [1.29, 1.82) is 0 Å². The molecule has 1 atom stereocenters. The molecule has 0 fully saturated rings. The van der Waals surface area contributed by atoms with E-state index in [2.05, 4.69) is 30.4 Å². The van der Waals surface area contributed by atoms with E-state index >= 15 is 0 Å². The van der Waals surface area contributed by atoms with Crippen LogP contribution in [0.5, 0.6) is 5.75 Å². The molecule has 0 saturated heterocycles. The van der Waals surface area contributed by atoms with Crippen molar-refractivity contribution in [2.75, 3.05) is 5.32 Å². The number of rotatable bonds is 7. The van der Waals surface area contributed by atoms with Crippen molar-refractivity contribution >= 4 is 29.1 Å². The Morgan fingerprint density at radius 3 is 2.58 bits per heavy atom. The first-order valence-corrected chi connectivity index (χ1v) is 9.94. The zero-order valence-corrected chi connectivity index (χ0v) is 18.1. The molecule has 174 valence electrons. The molecule has 2 aromatic heterocycles. The van der Waals surface area contributed by atoms with E-state index in [4.69, 9.17) is 11.6 Å². The quantitative estimate of drug-likeness (QED) is 0.525. The number of alkyl halides is 3. The number of aromatic nitrogens is 4. The molecule has 0 spiro atoms. The van der Waals surface area contributed by atoms with Crippen LogP contribution in [0.1, 0.15) is 42.5 Å². The van der Waals surface area contributed by atoms with E-state index in [9.17, 15) is 22.8 Å². The van der Waals surface area contributed by atoms with Gasteiger partial charge in [0.25, 0.3) is 5.91 Å². The van der Waals surface area contributed by atoms with Gasteiger partial charge in [-0.25, -0.2) is 9.97 Å².